The van der Waals surface area contributed by atoms with E-state index in [2.05, 4.69) is 5.32 Å². The van der Waals surface area contributed by atoms with Crippen molar-refractivity contribution in [1.82, 2.24) is 10.2 Å². The predicted octanol–water partition coefficient (Wildman–Crippen LogP) is 0.538. The minimum atomic E-state index is -0.699. The van der Waals surface area contributed by atoms with Crippen molar-refractivity contribution in [2.45, 2.75) is 45.2 Å². The van der Waals surface area contributed by atoms with Crippen LogP contribution in [-0.2, 0) is 14.3 Å². The molecule has 1 aliphatic carbocycles. The fourth-order valence-electron chi connectivity index (χ4n) is 2.58. The van der Waals surface area contributed by atoms with Crippen LogP contribution >= 0.6 is 0 Å². The maximum Gasteiger partial charge on any atom is 0.249 e. The lowest BCUT2D eigenvalue weighted by atomic mass is 9.91. The minimum Gasteiger partial charge on any atom is -0.380 e. The molecule has 0 spiro atoms. The average Bonchev–Trinajstić information content (AvgIpc) is 3.15. The molecular weight excluding hydrogens is 232 g/mol. The molecule has 0 bridgehead atoms. The first-order valence-electron chi connectivity index (χ1n) is 6.69. The summed E-state index contributed by atoms with van der Waals surface area (Å²) in [5.74, 6) is 0.278. The van der Waals surface area contributed by atoms with E-state index in [-0.39, 0.29) is 24.4 Å². The maximum absolute atomic E-state index is 12.5. The first kappa shape index (κ1) is 13.3. The standard InChI is InChI=1S/C13H22N2O3/c1-4-18-8-9(2)15-7-11(16)14-13(3,12(15)17)10-5-6-10/h9-10H,4-8H2,1-3H3,(H,14,16). The van der Waals surface area contributed by atoms with E-state index in [1.807, 2.05) is 20.8 Å². The molecule has 2 amide bonds. The SMILES string of the molecule is CCOCC(C)N1CC(=O)NC(C)(C2CC2)C1=O. The Morgan fingerprint density at radius 1 is 1.50 bits per heavy atom. The fourth-order valence-corrected chi connectivity index (χ4v) is 2.58. The fraction of sp³-hybridized carbons (Fsp3) is 0.846. The lowest BCUT2D eigenvalue weighted by Gasteiger charge is -2.42. The van der Waals surface area contributed by atoms with E-state index in [4.69, 9.17) is 4.74 Å². The molecule has 18 heavy (non-hydrogen) atoms. The summed E-state index contributed by atoms with van der Waals surface area (Å²) in [5, 5.41) is 2.87. The van der Waals surface area contributed by atoms with E-state index in [0.29, 0.717) is 19.1 Å². The molecule has 102 valence electrons. The van der Waals surface area contributed by atoms with Gasteiger partial charge in [0.2, 0.25) is 11.8 Å². The summed E-state index contributed by atoms with van der Waals surface area (Å²) in [6, 6.07) is -0.0541. The first-order valence-corrected chi connectivity index (χ1v) is 6.69. The highest BCUT2D eigenvalue weighted by molar-refractivity contribution is 5.98. The number of nitrogens with zero attached hydrogens (tertiary/aromatic N) is 1. The number of carbonyl (C=O) groups is 2. The molecule has 2 unspecified atom stereocenters. The highest BCUT2D eigenvalue weighted by Crippen LogP contribution is 2.41. The number of nitrogens with one attached hydrogen (secondary N) is 1. The Bertz CT molecular complexity index is 354. The highest BCUT2D eigenvalue weighted by Gasteiger charge is 2.53. The molecule has 1 saturated carbocycles. The Labute approximate surface area is 108 Å². The van der Waals surface area contributed by atoms with Crippen molar-refractivity contribution in [2.75, 3.05) is 19.8 Å². The van der Waals surface area contributed by atoms with Crippen LogP contribution < -0.4 is 5.32 Å². The average molecular weight is 254 g/mol. The molecule has 1 aliphatic heterocycles. The van der Waals surface area contributed by atoms with Crippen LogP contribution in [-0.4, -0.2) is 48.1 Å². The number of piperazine rings is 1. The normalized spacial score (nSPS) is 30.3. The van der Waals surface area contributed by atoms with Crippen LogP contribution in [0.5, 0.6) is 0 Å². The van der Waals surface area contributed by atoms with Crippen LogP contribution in [0.3, 0.4) is 0 Å². The van der Waals surface area contributed by atoms with Crippen molar-refractivity contribution in [2.24, 2.45) is 5.92 Å². The molecule has 2 atom stereocenters. The Hall–Kier alpha value is -1.10. The molecule has 0 aromatic heterocycles. The molecule has 2 aliphatic rings. The van der Waals surface area contributed by atoms with E-state index < -0.39 is 5.54 Å². The summed E-state index contributed by atoms with van der Waals surface area (Å²) in [7, 11) is 0. The molecule has 1 saturated heterocycles. The van der Waals surface area contributed by atoms with Gasteiger partial charge >= 0.3 is 0 Å². The predicted molar refractivity (Wildman–Crippen MR) is 66.9 cm³/mol. The molecule has 0 aromatic carbocycles. The Balaban J connectivity index is 2.10. The van der Waals surface area contributed by atoms with Gasteiger partial charge < -0.3 is 15.0 Å². The number of carbonyl (C=O) groups excluding carboxylic acids is 2. The van der Waals surface area contributed by atoms with Gasteiger partial charge in [-0.3, -0.25) is 9.59 Å². The number of hydrogen-bond donors (Lipinski definition) is 1. The molecular formula is C13H22N2O3. The van der Waals surface area contributed by atoms with Crippen LogP contribution in [0.15, 0.2) is 0 Å². The summed E-state index contributed by atoms with van der Waals surface area (Å²) in [5.41, 5.74) is -0.699. The van der Waals surface area contributed by atoms with Gasteiger partial charge in [0.25, 0.3) is 0 Å². The first-order chi connectivity index (χ1) is 8.49. The zero-order valence-corrected chi connectivity index (χ0v) is 11.4. The Kier molecular flexibility index (Phi) is 3.61. The van der Waals surface area contributed by atoms with Crippen molar-refractivity contribution in [3.63, 3.8) is 0 Å². The molecule has 2 fully saturated rings. The van der Waals surface area contributed by atoms with Crippen molar-refractivity contribution in [3.05, 3.63) is 0 Å². The van der Waals surface area contributed by atoms with E-state index in [1.165, 1.54) is 0 Å². The van der Waals surface area contributed by atoms with Gasteiger partial charge in [-0.2, -0.15) is 0 Å². The zero-order valence-electron chi connectivity index (χ0n) is 11.4. The van der Waals surface area contributed by atoms with Gasteiger partial charge in [0.15, 0.2) is 0 Å². The molecule has 1 N–H and O–H groups in total. The Morgan fingerprint density at radius 2 is 2.17 bits per heavy atom. The van der Waals surface area contributed by atoms with Crippen LogP contribution in [0.25, 0.3) is 0 Å². The van der Waals surface area contributed by atoms with Crippen molar-refractivity contribution < 1.29 is 14.3 Å². The van der Waals surface area contributed by atoms with Crippen LogP contribution in [0.1, 0.15) is 33.6 Å². The quantitative estimate of drug-likeness (QED) is 0.779. The monoisotopic (exact) mass is 254 g/mol. The summed E-state index contributed by atoms with van der Waals surface area (Å²) < 4.78 is 5.35. The third-order valence-electron chi connectivity index (χ3n) is 3.91. The van der Waals surface area contributed by atoms with Crippen molar-refractivity contribution >= 4 is 11.8 Å². The lowest BCUT2D eigenvalue weighted by Crippen LogP contribution is -2.68. The second-order valence-electron chi connectivity index (χ2n) is 5.47. The zero-order chi connectivity index (χ0) is 13.3. The molecule has 0 aromatic rings. The number of ether oxygens (including phenoxy) is 1. The topological polar surface area (TPSA) is 58.6 Å². The van der Waals surface area contributed by atoms with E-state index >= 15 is 0 Å². The van der Waals surface area contributed by atoms with Gasteiger partial charge in [0.05, 0.1) is 19.2 Å². The second kappa shape index (κ2) is 4.88. The number of amides is 2. The summed E-state index contributed by atoms with van der Waals surface area (Å²) in [4.78, 5) is 26.0. The largest absolute Gasteiger partial charge is 0.380 e. The molecule has 0 radical (unpaired) electrons. The summed E-state index contributed by atoms with van der Waals surface area (Å²) in [6.07, 6.45) is 2.05. The molecule has 2 rings (SSSR count). The second-order valence-corrected chi connectivity index (χ2v) is 5.47. The molecule has 5 nitrogen and oxygen atoms in total. The van der Waals surface area contributed by atoms with Gasteiger partial charge in [-0.15, -0.1) is 0 Å². The van der Waals surface area contributed by atoms with Gasteiger partial charge in [0.1, 0.15) is 5.54 Å². The maximum atomic E-state index is 12.5. The number of rotatable bonds is 5. The van der Waals surface area contributed by atoms with Gasteiger partial charge in [-0.05, 0) is 39.5 Å². The van der Waals surface area contributed by atoms with Crippen molar-refractivity contribution in [3.8, 4) is 0 Å². The Morgan fingerprint density at radius 3 is 2.72 bits per heavy atom. The van der Waals surface area contributed by atoms with Gasteiger partial charge in [-0.25, -0.2) is 0 Å². The van der Waals surface area contributed by atoms with Crippen LogP contribution in [0.2, 0.25) is 0 Å². The lowest BCUT2D eigenvalue weighted by molar-refractivity contribution is -0.153. The van der Waals surface area contributed by atoms with Crippen LogP contribution in [0.4, 0.5) is 0 Å². The summed E-state index contributed by atoms with van der Waals surface area (Å²) >= 11 is 0. The third-order valence-corrected chi connectivity index (χ3v) is 3.91. The number of hydrogen-bond acceptors (Lipinski definition) is 3. The summed E-state index contributed by atoms with van der Waals surface area (Å²) in [6.45, 7) is 6.96. The smallest absolute Gasteiger partial charge is 0.249 e. The van der Waals surface area contributed by atoms with E-state index in [0.717, 1.165) is 12.8 Å². The van der Waals surface area contributed by atoms with Crippen LogP contribution in [0, 0.1) is 5.92 Å². The van der Waals surface area contributed by atoms with E-state index in [1.54, 1.807) is 4.90 Å². The van der Waals surface area contributed by atoms with Gasteiger partial charge in [0, 0.05) is 6.61 Å². The third kappa shape index (κ3) is 2.36. The molecule has 5 heteroatoms. The minimum absolute atomic E-state index is 0.0387. The highest BCUT2D eigenvalue weighted by atomic mass is 16.5. The molecule has 1 heterocycles. The van der Waals surface area contributed by atoms with Gasteiger partial charge in [-0.1, -0.05) is 0 Å². The van der Waals surface area contributed by atoms with E-state index in [9.17, 15) is 9.59 Å². The van der Waals surface area contributed by atoms with Crippen molar-refractivity contribution in [1.29, 1.82) is 0 Å².